The maximum Gasteiger partial charge on any atom is 0.323 e. The summed E-state index contributed by atoms with van der Waals surface area (Å²) in [5, 5.41) is 2.70. The first-order valence-electron chi connectivity index (χ1n) is 6.88. The second-order valence-electron chi connectivity index (χ2n) is 5.26. The Hall–Kier alpha value is -3.27. The van der Waals surface area contributed by atoms with Gasteiger partial charge in [-0.2, -0.15) is 8.42 Å². The lowest BCUT2D eigenvalue weighted by atomic mass is 10.1. The van der Waals surface area contributed by atoms with Crippen LogP contribution in [0.2, 0.25) is 0 Å². The minimum atomic E-state index is -3.60. The van der Waals surface area contributed by atoms with Gasteiger partial charge in [0.1, 0.15) is 0 Å². The Morgan fingerprint density at radius 1 is 0.917 bits per heavy atom. The molecule has 4 rings (SSSR count). The molecule has 0 fully saturated rings. The Morgan fingerprint density at radius 2 is 1.67 bits per heavy atom. The van der Waals surface area contributed by atoms with E-state index in [-0.39, 0.29) is 5.69 Å². The third-order valence-electron chi connectivity index (χ3n) is 3.54. The van der Waals surface area contributed by atoms with E-state index in [1.807, 2.05) is 0 Å². The summed E-state index contributed by atoms with van der Waals surface area (Å²) in [7, 11) is -3.60. The van der Waals surface area contributed by atoms with Crippen molar-refractivity contribution in [3.05, 3.63) is 52.4 Å². The third kappa shape index (κ3) is 2.48. The van der Waals surface area contributed by atoms with Crippen LogP contribution in [-0.2, 0) is 10.2 Å². The second kappa shape index (κ2) is 4.86. The number of hydrogen-bond donors (Lipinski definition) is 5. The van der Waals surface area contributed by atoms with Gasteiger partial charge in [0, 0.05) is 11.3 Å². The quantitative estimate of drug-likeness (QED) is 0.476. The predicted molar refractivity (Wildman–Crippen MR) is 89.5 cm³/mol. The number of H-pyrrole nitrogens is 2. The van der Waals surface area contributed by atoms with Crippen LogP contribution in [0, 0.1) is 0 Å². The number of rotatable bonds is 2. The minimum absolute atomic E-state index is 0.294. The molecule has 0 radical (unpaired) electrons. The molecule has 0 aliphatic carbocycles. The van der Waals surface area contributed by atoms with Gasteiger partial charge in [-0.15, -0.1) is 0 Å². The molecule has 0 atom stereocenters. The van der Waals surface area contributed by atoms with Gasteiger partial charge < -0.3 is 15.3 Å². The lowest BCUT2D eigenvalue weighted by Gasteiger charge is -2.06. The minimum Gasteiger partial charge on any atom is -0.322 e. The van der Waals surface area contributed by atoms with Crippen molar-refractivity contribution in [3.8, 4) is 0 Å². The smallest absolute Gasteiger partial charge is 0.322 e. The van der Waals surface area contributed by atoms with Crippen molar-refractivity contribution < 1.29 is 13.2 Å². The molecule has 0 unspecified atom stereocenters. The zero-order valence-electron chi connectivity index (χ0n) is 12.0. The molecular weight excluding hydrogens is 334 g/mol. The van der Waals surface area contributed by atoms with Crippen LogP contribution < -0.4 is 20.5 Å². The Kier molecular flexibility index (Phi) is 2.90. The highest BCUT2D eigenvalue weighted by atomic mass is 32.2. The maximum absolute atomic E-state index is 12.3. The Labute approximate surface area is 135 Å². The molecule has 1 aliphatic heterocycles. The van der Waals surface area contributed by atoms with Gasteiger partial charge in [-0.05, 0) is 36.4 Å². The highest BCUT2D eigenvalue weighted by Crippen LogP contribution is 2.30. The summed E-state index contributed by atoms with van der Waals surface area (Å²) in [6.07, 6.45) is 0. The van der Waals surface area contributed by atoms with E-state index >= 15 is 0 Å². The molecule has 3 aromatic rings. The summed E-state index contributed by atoms with van der Waals surface area (Å²) >= 11 is 0. The average Bonchev–Trinajstić information content (AvgIpc) is 3.02. The summed E-state index contributed by atoms with van der Waals surface area (Å²) in [5.41, 5.74) is 2.38. The summed E-state index contributed by atoms with van der Waals surface area (Å²) in [4.78, 5) is 28.8. The predicted octanol–water partition coefficient (Wildman–Crippen LogP) is 1.19. The molecule has 0 saturated heterocycles. The summed E-state index contributed by atoms with van der Waals surface area (Å²) in [6, 6.07) is 9.42. The van der Waals surface area contributed by atoms with Crippen LogP contribution in [-0.4, -0.2) is 24.3 Å². The van der Waals surface area contributed by atoms with Gasteiger partial charge >= 0.3 is 15.9 Å². The van der Waals surface area contributed by atoms with E-state index in [0.29, 0.717) is 33.7 Å². The molecule has 0 bridgehead atoms. The summed E-state index contributed by atoms with van der Waals surface area (Å²) < 4.78 is 27.5. The van der Waals surface area contributed by atoms with Crippen LogP contribution in [0.3, 0.4) is 0 Å². The van der Waals surface area contributed by atoms with Crippen LogP contribution in [0.1, 0.15) is 10.4 Å². The van der Waals surface area contributed by atoms with E-state index in [1.165, 1.54) is 18.2 Å². The SMILES string of the molecule is O=C(Nc1ccc2[nH]c(=O)[nH]c2c1)c1ccc2c(c1)NS(=O)(=O)N2. The number of nitrogens with one attached hydrogen (secondary N) is 5. The molecule has 24 heavy (non-hydrogen) atoms. The van der Waals surface area contributed by atoms with Crippen molar-refractivity contribution in [2.75, 3.05) is 14.8 Å². The largest absolute Gasteiger partial charge is 0.323 e. The van der Waals surface area contributed by atoms with E-state index in [4.69, 9.17) is 0 Å². The molecule has 2 aromatic carbocycles. The molecule has 10 heteroatoms. The number of fused-ring (bicyclic) bond motifs is 2. The lowest BCUT2D eigenvalue weighted by molar-refractivity contribution is 0.102. The summed E-state index contributed by atoms with van der Waals surface area (Å²) in [6.45, 7) is 0. The van der Waals surface area contributed by atoms with Crippen LogP contribution in [0.25, 0.3) is 11.0 Å². The standard InChI is InChI=1S/C14H11N5O4S/c20-13(7-1-3-10-12(5-7)19-24(22,23)18-10)15-8-2-4-9-11(6-8)17-14(21)16-9/h1-6,18-19H,(H,15,20)(H2,16,17,21). The zero-order valence-corrected chi connectivity index (χ0v) is 12.8. The van der Waals surface area contributed by atoms with Gasteiger partial charge in [0.15, 0.2) is 0 Å². The fourth-order valence-corrected chi connectivity index (χ4v) is 3.46. The van der Waals surface area contributed by atoms with Crippen LogP contribution in [0.4, 0.5) is 17.1 Å². The van der Waals surface area contributed by atoms with E-state index < -0.39 is 16.1 Å². The van der Waals surface area contributed by atoms with E-state index in [9.17, 15) is 18.0 Å². The number of anilines is 3. The fraction of sp³-hybridized carbons (Fsp3) is 0. The van der Waals surface area contributed by atoms with E-state index in [1.54, 1.807) is 18.2 Å². The van der Waals surface area contributed by atoms with Crippen LogP contribution >= 0.6 is 0 Å². The number of amides is 1. The Balaban J connectivity index is 1.61. The highest BCUT2D eigenvalue weighted by Gasteiger charge is 2.23. The highest BCUT2D eigenvalue weighted by molar-refractivity contribution is 7.94. The normalized spacial score (nSPS) is 14.7. The molecule has 1 amide bonds. The number of aromatic amines is 2. The first-order chi connectivity index (χ1) is 11.4. The monoisotopic (exact) mass is 345 g/mol. The number of carbonyl (C=O) groups excluding carboxylic acids is 1. The van der Waals surface area contributed by atoms with Crippen molar-refractivity contribution in [2.45, 2.75) is 0 Å². The molecule has 1 aliphatic rings. The van der Waals surface area contributed by atoms with Crippen LogP contribution in [0.5, 0.6) is 0 Å². The van der Waals surface area contributed by atoms with Gasteiger partial charge in [-0.1, -0.05) is 0 Å². The van der Waals surface area contributed by atoms with Crippen molar-refractivity contribution in [2.24, 2.45) is 0 Å². The van der Waals surface area contributed by atoms with E-state index in [0.717, 1.165) is 0 Å². The number of hydrogen-bond acceptors (Lipinski definition) is 4. The number of imidazole rings is 1. The molecule has 0 saturated carbocycles. The summed E-state index contributed by atoms with van der Waals surface area (Å²) in [5.74, 6) is -0.402. The van der Waals surface area contributed by atoms with Crippen molar-refractivity contribution in [1.82, 2.24) is 9.97 Å². The molecule has 2 heterocycles. The topological polar surface area (TPSA) is 136 Å². The number of carbonyl (C=O) groups is 1. The maximum atomic E-state index is 12.3. The van der Waals surface area contributed by atoms with E-state index in [2.05, 4.69) is 24.7 Å². The molecule has 1 aromatic heterocycles. The van der Waals surface area contributed by atoms with Crippen molar-refractivity contribution in [3.63, 3.8) is 0 Å². The van der Waals surface area contributed by atoms with Gasteiger partial charge in [0.05, 0.1) is 22.4 Å². The Morgan fingerprint density at radius 3 is 2.50 bits per heavy atom. The van der Waals surface area contributed by atoms with Crippen LogP contribution in [0.15, 0.2) is 41.2 Å². The molecule has 9 nitrogen and oxygen atoms in total. The fourth-order valence-electron chi connectivity index (χ4n) is 2.49. The first kappa shape index (κ1) is 14.3. The molecular formula is C14H11N5O4S. The number of benzene rings is 2. The van der Waals surface area contributed by atoms with Gasteiger partial charge in [0.25, 0.3) is 5.91 Å². The second-order valence-corrected chi connectivity index (χ2v) is 6.68. The average molecular weight is 345 g/mol. The number of aromatic nitrogens is 2. The third-order valence-corrected chi connectivity index (χ3v) is 4.52. The van der Waals surface area contributed by atoms with Gasteiger partial charge in [-0.3, -0.25) is 14.2 Å². The van der Waals surface area contributed by atoms with Gasteiger partial charge in [-0.25, -0.2) is 4.79 Å². The van der Waals surface area contributed by atoms with Crippen molar-refractivity contribution in [1.29, 1.82) is 0 Å². The Bertz CT molecular complexity index is 1150. The first-order valence-corrected chi connectivity index (χ1v) is 8.36. The molecule has 0 spiro atoms. The molecule has 5 N–H and O–H groups in total. The zero-order chi connectivity index (χ0) is 16.9. The van der Waals surface area contributed by atoms with Crippen molar-refractivity contribution >= 4 is 44.2 Å². The lowest BCUT2D eigenvalue weighted by Crippen LogP contribution is -2.13. The van der Waals surface area contributed by atoms with Gasteiger partial charge in [0.2, 0.25) is 0 Å². The molecule has 122 valence electrons.